The van der Waals surface area contributed by atoms with Crippen LogP contribution in [-0.2, 0) is 4.74 Å². The molecule has 0 aliphatic heterocycles. The summed E-state index contributed by atoms with van der Waals surface area (Å²) in [5.41, 5.74) is 0.556. The largest absolute Gasteiger partial charge is 0.465 e. The number of carbonyl (C=O) groups excluding carboxylic acids is 2. The Bertz CT molecular complexity index is 994. The number of pyridine rings is 1. The molecule has 1 N–H and O–H groups in total. The summed E-state index contributed by atoms with van der Waals surface area (Å²) in [7, 11) is 1.27. The molecule has 24 heavy (non-hydrogen) atoms. The zero-order chi connectivity index (χ0) is 17.1. The molecular formula is C17H13N3O4. The molecule has 0 spiro atoms. The van der Waals surface area contributed by atoms with Crippen molar-refractivity contribution < 1.29 is 14.3 Å². The average Bonchev–Trinajstić information content (AvgIpc) is 2.61. The molecule has 0 atom stereocenters. The highest BCUT2D eigenvalue weighted by molar-refractivity contribution is 6.04. The number of anilines is 1. The molecule has 0 saturated carbocycles. The molecule has 1 amide bonds. The summed E-state index contributed by atoms with van der Waals surface area (Å²) in [5, 5.41) is 2.58. The van der Waals surface area contributed by atoms with Crippen molar-refractivity contribution in [3.8, 4) is 0 Å². The van der Waals surface area contributed by atoms with Crippen LogP contribution in [0, 0.1) is 0 Å². The van der Waals surface area contributed by atoms with Gasteiger partial charge in [-0.1, -0.05) is 12.1 Å². The smallest absolute Gasteiger partial charge is 0.337 e. The van der Waals surface area contributed by atoms with Crippen LogP contribution < -0.4 is 10.9 Å². The first-order valence-corrected chi connectivity index (χ1v) is 7.06. The van der Waals surface area contributed by atoms with Crippen LogP contribution in [0.3, 0.4) is 0 Å². The van der Waals surface area contributed by atoms with Crippen molar-refractivity contribution >= 4 is 23.2 Å². The van der Waals surface area contributed by atoms with Crippen LogP contribution in [0.5, 0.6) is 0 Å². The first-order valence-electron chi connectivity index (χ1n) is 7.06. The maximum Gasteiger partial charge on any atom is 0.337 e. The molecule has 2 aromatic heterocycles. The minimum Gasteiger partial charge on any atom is -0.465 e. The molecule has 0 unspecified atom stereocenters. The van der Waals surface area contributed by atoms with Gasteiger partial charge in [0, 0.05) is 18.1 Å². The maximum absolute atomic E-state index is 12.4. The van der Waals surface area contributed by atoms with E-state index in [1.165, 1.54) is 23.8 Å². The van der Waals surface area contributed by atoms with E-state index in [0.717, 1.165) is 0 Å². The molecule has 2 heterocycles. The highest BCUT2D eigenvalue weighted by Crippen LogP contribution is 2.12. The monoisotopic (exact) mass is 323 g/mol. The van der Waals surface area contributed by atoms with Gasteiger partial charge in [-0.15, -0.1) is 0 Å². The first kappa shape index (κ1) is 15.4. The minimum atomic E-state index is -0.604. The van der Waals surface area contributed by atoms with Crippen molar-refractivity contribution in [1.82, 2.24) is 9.38 Å². The number of carbonyl (C=O) groups is 2. The number of esters is 1. The second-order valence-electron chi connectivity index (χ2n) is 4.93. The van der Waals surface area contributed by atoms with Gasteiger partial charge in [0.1, 0.15) is 11.2 Å². The van der Waals surface area contributed by atoms with Crippen LogP contribution in [0.15, 0.2) is 59.7 Å². The molecule has 7 heteroatoms. The zero-order valence-electron chi connectivity index (χ0n) is 12.7. The molecular weight excluding hydrogens is 310 g/mol. The van der Waals surface area contributed by atoms with Gasteiger partial charge < -0.3 is 10.1 Å². The predicted octanol–water partition coefficient (Wildman–Crippen LogP) is 1.73. The number of ether oxygens (including phenoxy) is 1. The molecule has 0 aliphatic rings. The van der Waals surface area contributed by atoms with Gasteiger partial charge in [-0.2, -0.15) is 0 Å². The van der Waals surface area contributed by atoms with Gasteiger partial charge in [0.2, 0.25) is 0 Å². The number of fused-ring (bicyclic) bond motifs is 1. The Kier molecular flexibility index (Phi) is 4.07. The molecule has 3 aromatic rings. The molecule has 0 radical (unpaired) electrons. The number of hydrogen-bond donors (Lipinski definition) is 1. The lowest BCUT2D eigenvalue weighted by molar-refractivity contribution is 0.0600. The molecule has 0 aliphatic carbocycles. The number of amides is 1. The van der Waals surface area contributed by atoms with E-state index in [0.29, 0.717) is 16.9 Å². The Morgan fingerprint density at radius 3 is 2.79 bits per heavy atom. The average molecular weight is 323 g/mol. The number of benzene rings is 1. The van der Waals surface area contributed by atoms with E-state index in [1.807, 2.05) is 0 Å². The first-order chi connectivity index (χ1) is 11.6. The molecule has 1 aromatic carbocycles. The summed E-state index contributed by atoms with van der Waals surface area (Å²) in [5.74, 6) is -1.12. The van der Waals surface area contributed by atoms with Crippen LogP contribution in [0.2, 0.25) is 0 Å². The summed E-state index contributed by atoms with van der Waals surface area (Å²) in [6.45, 7) is 0. The third-order valence-electron chi connectivity index (χ3n) is 3.40. The number of nitrogens with zero attached hydrogens (tertiary/aromatic N) is 2. The van der Waals surface area contributed by atoms with Gasteiger partial charge in [-0.05, 0) is 30.3 Å². The number of nitrogens with one attached hydrogen (secondary N) is 1. The SMILES string of the molecule is COC(=O)c1cccc(NC(=O)c2cnc3ccccn3c2=O)c1. The Morgan fingerprint density at radius 1 is 1.17 bits per heavy atom. The van der Waals surface area contributed by atoms with Crippen LogP contribution in [0.1, 0.15) is 20.7 Å². The molecule has 0 saturated heterocycles. The fourth-order valence-corrected chi connectivity index (χ4v) is 2.22. The third kappa shape index (κ3) is 2.87. The molecule has 3 rings (SSSR count). The van der Waals surface area contributed by atoms with Crippen LogP contribution in [0.4, 0.5) is 5.69 Å². The Balaban J connectivity index is 1.92. The van der Waals surface area contributed by atoms with Crippen molar-refractivity contribution in [1.29, 1.82) is 0 Å². The fraction of sp³-hybridized carbons (Fsp3) is 0.0588. The molecule has 120 valence electrons. The molecule has 0 fully saturated rings. The predicted molar refractivity (Wildman–Crippen MR) is 87.2 cm³/mol. The summed E-state index contributed by atoms with van der Waals surface area (Å²) in [6, 6.07) is 11.3. The lowest BCUT2D eigenvalue weighted by Gasteiger charge is -2.07. The van der Waals surface area contributed by atoms with E-state index in [1.54, 1.807) is 42.6 Å². The second-order valence-corrected chi connectivity index (χ2v) is 4.93. The highest BCUT2D eigenvalue weighted by atomic mass is 16.5. The van der Waals surface area contributed by atoms with Gasteiger partial charge in [0.25, 0.3) is 11.5 Å². The van der Waals surface area contributed by atoms with E-state index in [4.69, 9.17) is 0 Å². The summed E-state index contributed by atoms with van der Waals surface area (Å²) in [6.07, 6.45) is 2.77. The Labute approximate surface area is 136 Å². The zero-order valence-corrected chi connectivity index (χ0v) is 12.7. The van der Waals surface area contributed by atoms with E-state index in [9.17, 15) is 14.4 Å². The number of rotatable bonds is 3. The van der Waals surface area contributed by atoms with Gasteiger partial charge in [0.15, 0.2) is 0 Å². The quantitative estimate of drug-likeness (QED) is 0.741. The summed E-state index contributed by atoms with van der Waals surface area (Å²) >= 11 is 0. The summed E-state index contributed by atoms with van der Waals surface area (Å²) in [4.78, 5) is 40.3. The lowest BCUT2D eigenvalue weighted by Crippen LogP contribution is -2.26. The molecule has 7 nitrogen and oxygen atoms in total. The van der Waals surface area contributed by atoms with Gasteiger partial charge in [-0.3, -0.25) is 14.0 Å². The number of methoxy groups -OCH3 is 1. The summed E-state index contributed by atoms with van der Waals surface area (Å²) < 4.78 is 5.92. The standard InChI is InChI=1S/C17H13N3O4/c1-24-17(23)11-5-4-6-12(9-11)19-15(21)13-10-18-14-7-2-3-8-20(14)16(13)22/h2-10H,1H3,(H,19,21). The number of aromatic nitrogens is 2. The lowest BCUT2D eigenvalue weighted by atomic mass is 10.2. The number of hydrogen-bond acceptors (Lipinski definition) is 5. The second kappa shape index (κ2) is 6.33. The van der Waals surface area contributed by atoms with Crippen molar-refractivity contribution in [2.45, 2.75) is 0 Å². The van der Waals surface area contributed by atoms with Crippen molar-refractivity contribution in [2.75, 3.05) is 12.4 Å². The topological polar surface area (TPSA) is 89.8 Å². The van der Waals surface area contributed by atoms with Gasteiger partial charge in [-0.25, -0.2) is 9.78 Å². The molecule has 0 bridgehead atoms. The van der Waals surface area contributed by atoms with Crippen LogP contribution in [0.25, 0.3) is 5.65 Å². The Hall–Kier alpha value is -3.48. The third-order valence-corrected chi connectivity index (χ3v) is 3.40. The van der Waals surface area contributed by atoms with E-state index in [-0.39, 0.29) is 5.56 Å². The minimum absolute atomic E-state index is 0.0952. The van der Waals surface area contributed by atoms with Crippen molar-refractivity contribution in [2.24, 2.45) is 0 Å². The van der Waals surface area contributed by atoms with E-state index >= 15 is 0 Å². The van der Waals surface area contributed by atoms with E-state index < -0.39 is 17.4 Å². The van der Waals surface area contributed by atoms with Crippen LogP contribution in [-0.4, -0.2) is 28.4 Å². The van der Waals surface area contributed by atoms with Crippen molar-refractivity contribution in [3.05, 3.63) is 76.3 Å². The Morgan fingerprint density at radius 2 is 2.00 bits per heavy atom. The maximum atomic E-state index is 12.4. The van der Waals surface area contributed by atoms with Gasteiger partial charge >= 0.3 is 5.97 Å². The highest BCUT2D eigenvalue weighted by Gasteiger charge is 2.14. The fourth-order valence-electron chi connectivity index (χ4n) is 2.22. The van der Waals surface area contributed by atoms with Crippen molar-refractivity contribution in [3.63, 3.8) is 0 Å². The van der Waals surface area contributed by atoms with Gasteiger partial charge in [0.05, 0.1) is 12.7 Å². The van der Waals surface area contributed by atoms with Crippen LogP contribution >= 0.6 is 0 Å². The normalized spacial score (nSPS) is 10.4. The van der Waals surface area contributed by atoms with E-state index in [2.05, 4.69) is 15.0 Å².